The second kappa shape index (κ2) is 6.89. The van der Waals surface area contributed by atoms with Crippen molar-refractivity contribution in [1.29, 1.82) is 0 Å². The van der Waals surface area contributed by atoms with Crippen LogP contribution in [0.3, 0.4) is 0 Å². The van der Waals surface area contributed by atoms with Crippen molar-refractivity contribution in [2.45, 2.75) is 13.0 Å². The number of nitrogens with zero attached hydrogens (tertiary/aromatic N) is 2. The van der Waals surface area contributed by atoms with Gasteiger partial charge in [0.1, 0.15) is 12.2 Å². The van der Waals surface area contributed by atoms with Crippen molar-refractivity contribution in [2.75, 3.05) is 0 Å². The molecule has 2 heterocycles. The Hall–Kier alpha value is -2.25. The number of hydrogen-bond acceptors (Lipinski definition) is 5. The molecule has 0 radical (unpaired) electrons. The van der Waals surface area contributed by atoms with Gasteiger partial charge in [-0.2, -0.15) is 11.3 Å². The molecule has 0 aliphatic carbocycles. The van der Waals surface area contributed by atoms with E-state index in [-0.39, 0.29) is 29.8 Å². The molecule has 0 aliphatic heterocycles. The zero-order chi connectivity index (χ0) is 16.2. The van der Waals surface area contributed by atoms with E-state index in [0.717, 1.165) is 5.56 Å². The molecule has 0 spiro atoms. The third-order valence-corrected chi connectivity index (χ3v) is 4.07. The lowest BCUT2D eigenvalue weighted by Crippen LogP contribution is -2.24. The second-order valence-corrected chi connectivity index (χ2v) is 5.89. The fourth-order valence-electron chi connectivity index (χ4n) is 1.89. The molecule has 118 valence electrons. The van der Waals surface area contributed by atoms with Crippen LogP contribution in [0.1, 0.15) is 11.5 Å². The number of amides is 1. The van der Waals surface area contributed by atoms with Crippen LogP contribution in [-0.2, 0) is 17.8 Å². The van der Waals surface area contributed by atoms with Crippen LogP contribution in [0.4, 0.5) is 4.39 Å². The van der Waals surface area contributed by atoms with Gasteiger partial charge in [-0.3, -0.25) is 4.79 Å². The van der Waals surface area contributed by atoms with Gasteiger partial charge in [-0.15, -0.1) is 10.2 Å². The van der Waals surface area contributed by atoms with Crippen molar-refractivity contribution in [3.05, 3.63) is 57.3 Å². The Morgan fingerprint density at radius 1 is 1.35 bits per heavy atom. The highest BCUT2D eigenvalue weighted by Gasteiger charge is 2.13. The molecule has 5 nitrogen and oxygen atoms in total. The second-order valence-electron chi connectivity index (χ2n) is 4.70. The number of hydrogen-bond donors (Lipinski definition) is 1. The topological polar surface area (TPSA) is 68.0 Å². The number of carbonyl (C=O) groups is 1. The van der Waals surface area contributed by atoms with Gasteiger partial charge in [-0.25, -0.2) is 4.39 Å². The zero-order valence-corrected chi connectivity index (χ0v) is 13.3. The molecule has 0 aliphatic rings. The van der Waals surface area contributed by atoms with Crippen LogP contribution in [0.25, 0.3) is 11.5 Å². The molecule has 0 atom stereocenters. The summed E-state index contributed by atoms with van der Waals surface area (Å²) in [4.78, 5) is 11.9. The molecule has 1 N–H and O–H groups in total. The molecular formula is C15H11ClFN3O2S. The van der Waals surface area contributed by atoms with E-state index in [1.165, 1.54) is 29.5 Å². The average molecular weight is 352 g/mol. The Bertz CT molecular complexity index is 820. The number of carbonyl (C=O) groups excluding carboxylic acids is 1. The third kappa shape index (κ3) is 3.94. The first-order valence-electron chi connectivity index (χ1n) is 6.67. The van der Waals surface area contributed by atoms with E-state index in [2.05, 4.69) is 15.5 Å². The fourth-order valence-corrected chi connectivity index (χ4v) is 2.75. The average Bonchev–Trinajstić information content (AvgIpc) is 3.17. The number of halogens is 2. The van der Waals surface area contributed by atoms with E-state index >= 15 is 0 Å². The Balaban J connectivity index is 1.57. The van der Waals surface area contributed by atoms with Crippen molar-refractivity contribution in [3.63, 3.8) is 0 Å². The lowest BCUT2D eigenvalue weighted by Gasteiger charge is -2.06. The minimum absolute atomic E-state index is 0.0318. The Morgan fingerprint density at radius 2 is 2.22 bits per heavy atom. The van der Waals surface area contributed by atoms with E-state index in [4.69, 9.17) is 16.0 Å². The molecule has 0 fully saturated rings. The molecule has 23 heavy (non-hydrogen) atoms. The normalized spacial score (nSPS) is 10.7. The molecule has 0 saturated carbocycles. The summed E-state index contributed by atoms with van der Waals surface area (Å²) in [5, 5.41) is 14.5. The first kappa shape index (κ1) is 15.6. The zero-order valence-electron chi connectivity index (χ0n) is 11.8. The number of nitrogens with one attached hydrogen (secondary N) is 1. The smallest absolute Gasteiger partial charge is 0.248 e. The number of benzene rings is 1. The van der Waals surface area contributed by atoms with Crippen LogP contribution in [-0.4, -0.2) is 16.1 Å². The van der Waals surface area contributed by atoms with Crippen molar-refractivity contribution in [2.24, 2.45) is 0 Å². The highest BCUT2D eigenvalue weighted by Crippen LogP contribution is 2.20. The van der Waals surface area contributed by atoms with Crippen LogP contribution in [0, 0.1) is 5.82 Å². The summed E-state index contributed by atoms with van der Waals surface area (Å²) in [6, 6.07) is 5.88. The molecule has 0 saturated heterocycles. The maximum atomic E-state index is 13.0. The van der Waals surface area contributed by atoms with E-state index in [1.807, 2.05) is 16.8 Å². The van der Waals surface area contributed by atoms with Crippen LogP contribution < -0.4 is 5.32 Å². The van der Waals surface area contributed by atoms with Gasteiger partial charge >= 0.3 is 0 Å². The van der Waals surface area contributed by atoms with Crippen LogP contribution in [0.2, 0.25) is 5.02 Å². The highest BCUT2D eigenvalue weighted by atomic mass is 35.5. The predicted molar refractivity (Wildman–Crippen MR) is 84.6 cm³/mol. The Kier molecular flexibility index (Phi) is 4.68. The summed E-state index contributed by atoms with van der Waals surface area (Å²) in [5.74, 6) is -0.0904. The van der Waals surface area contributed by atoms with Gasteiger partial charge < -0.3 is 9.73 Å². The first-order valence-corrected chi connectivity index (χ1v) is 7.99. The molecule has 8 heteroatoms. The van der Waals surface area contributed by atoms with Gasteiger partial charge in [0.05, 0.1) is 0 Å². The monoisotopic (exact) mass is 351 g/mol. The van der Waals surface area contributed by atoms with Gasteiger partial charge in [0.25, 0.3) is 0 Å². The van der Waals surface area contributed by atoms with Crippen molar-refractivity contribution in [3.8, 4) is 11.5 Å². The van der Waals surface area contributed by atoms with Crippen molar-refractivity contribution in [1.82, 2.24) is 15.5 Å². The van der Waals surface area contributed by atoms with Gasteiger partial charge in [-0.1, -0.05) is 17.7 Å². The quantitative estimate of drug-likeness (QED) is 0.764. The molecule has 0 bridgehead atoms. The minimum Gasteiger partial charge on any atom is -0.420 e. The van der Waals surface area contributed by atoms with E-state index < -0.39 is 5.82 Å². The molecule has 3 rings (SSSR count). The maximum absolute atomic E-state index is 13.0. The van der Waals surface area contributed by atoms with Crippen LogP contribution >= 0.6 is 22.9 Å². The molecule has 1 aromatic carbocycles. The van der Waals surface area contributed by atoms with E-state index in [0.29, 0.717) is 11.5 Å². The molecule has 2 aromatic heterocycles. The standard InChI is InChI=1S/C15H11ClFN3O2S/c16-12-5-11(17)2-1-9(12)7-18-13(21)6-14-19-20-15(22-14)10-3-4-23-8-10/h1-5,8H,6-7H2,(H,18,21). The molecule has 3 aromatic rings. The first-order chi connectivity index (χ1) is 11.1. The van der Waals surface area contributed by atoms with Crippen LogP contribution in [0.15, 0.2) is 39.4 Å². The van der Waals surface area contributed by atoms with Crippen LogP contribution in [0.5, 0.6) is 0 Å². The Morgan fingerprint density at radius 3 is 2.96 bits per heavy atom. The van der Waals surface area contributed by atoms with Crippen molar-refractivity contribution >= 4 is 28.8 Å². The maximum Gasteiger partial charge on any atom is 0.248 e. The highest BCUT2D eigenvalue weighted by molar-refractivity contribution is 7.08. The number of thiophene rings is 1. The Labute approximate surface area is 140 Å². The summed E-state index contributed by atoms with van der Waals surface area (Å²) < 4.78 is 18.4. The molecule has 0 unspecified atom stereocenters. The van der Waals surface area contributed by atoms with Gasteiger partial charge in [0.15, 0.2) is 0 Å². The van der Waals surface area contributed by atoms with E-state index in [9.17, 15) is 9.18 Å². The summed E-state index contributed by atoms with van der Waals surface area (Å²) >= 11 is 7.42. The third-order valence-electron chi connectivity index (χ3n) is 3.04. The summed E-state index contributed by atoms with van der Waals surface area (Å²) in [7, 11) is 0. The predicted octanol–water partition coefficient (Wildman–Crippen LogP) is 3.45. The van der Waals surface area contributed by atoms with Gasteiger partial charge in [0.2, 0.25) is 17.7 Å². The lowest BCUT2D eigenvalue weighted by atomic mass is 10.2. The van der Waals surface area contributed by atoms with E-state index in [1.54, 1.807) is 0 Å². The SMILES string of the molecule is O=C(Cc1nnc(-c2ccsc2)o1)NCc1ccc(F)cc1Cl. The van der Waals surface area contributed by atoms with Gasteiger partial charge in [-0.05, 0) is 29.1 Å². The van der Waals surface area contributed by atoms with Crippen molar-refractivity contribution < 1.29 is 13.6 Å². The largest absolute Gasteiger partial charge is 0.420 e. The number of aromatic nitrogens is 2. The lowest BCUT2D eigenvalue weighted by molar-refractivity contribution is -0.120. The van der Waals surface area contributed by atoms with Gasteiger partial charge in [0, 0.05) is 22.5 Å². The molecule has 1 amide bonds. The summed E-state index contributed by atoms with van der Waals surface area (Å²) in [6.07, 6.45) is -0.0318. The summed E-state index contributed by atoms with van der Waals surface area (Å²) in [6.45, 7) is 0.198. The number of rotatable bonds is 5. The molecular weight excluding hydrogens is 341 g/mol. The summed E-state index contributed by atoms with van der Waals surface area (Å²) in [5.41, 5.74) is 1.46. The fraction of sp³-hybridized carbons (Fsp3) is 0.133. The minimum atomic E-state index is -0.420.